The van der Waals surface area contributed by atoms with Gasteiger partial charge in [-0.05, 0) is 30.5 Å². The Hall–Kier alpha value is -3.72. The molecule has 2 aromatic carbocycles. The highest BCUT2D eigenvalue weighted by Gasteiger charge is 2.10. The Labute approximate surface area is 157 Å². The second-order valence-corrected chi connectivity index (χ2v) is 5.91. The van der Waals surface area contributed by atoms with E-state index in [0.717, 1.165) is 19.4 Å². The van der Waals surface area contributed by atoms with Crippen LogP contribution in [0.1, 0.15) is 28.0 Å². The summed E-state index contributed by atoms with van der Waals surface area (Å²) < 4.78 is 0. The van der Waals surface area contributed by atoms with Crippen molar-refractivity contribution in [3.8, 4) is 6.07 Å². The molecule has 1 aromatic heterocycles. The molecule has 0 spiro atoms. The van der Waals surface area contributed by atoms with Crippen LogP contribution in [-0.2, 0) is 6.42 Å². The largest absolute Gasteiger partial charge is 0.369 e. The van der Waals surface area contributed by atoms with Crippen molar-refractivity contribution in [2.75, 3.05) is 17.2 Å². The Kier molecular flexibility index (Phi) is 6.10. The summed E-state index contributed by atoms with van der Waals surface area (Å²) >= 11 is 0. The molecule has 0 unspecified atom stereocenters. The van der Waals surface area contributed by atoms with Crippen molar-refractivity contribution in [2.24, 2.45) is 0 Å². The molecule has 3 rings (SSSR count). The minimum atomic E-state index is -0.402. The van der Waals surface area contributed by atoms with Crippen LogP contribution in [0.25, 0.3) is 0 Å². The third-order valence-electron chi connectivity index (χ3n) is 3.97. The van der Waals surface area contributed by atoms with Crippen molar-refractivity contribution < 1.29 is 4.79 Å². The molecule has 0 fully saturated rings. The predicted molar refractivity (Wildman–Crippen MR) is 104 cm³/mol. The van der Waals surface area contributed by atoms with Crippen LogP contribution < -0.4 is 10.6 Å². The monoisotopic (exact) mass is 357 g/mol. The minimum Gasteiger partial charge on any atom is -0.369 e. The first-order chi connectivity index (χ1) is 13.3. The highest BCUT2D eigenvalue weighted by Crippen LogP contribution is 2.14. The molecule has 1 amide bonds. The van der Waals surface area contributed by atoms with Gasteiger partial charge in [0.1, 0.15) is 17.6 Å². The van der Waals surface area contributed by atoms with Gasteiger partial charge >= 0.3 is 0 Å². The Morgan fingerprint density at radius 1 is 1.00 bits per heavy atom. The minimum absolute atomic E-state index is 0.192. The fraction of sp³-hybridized carbons (Fsp3) is 0.143. The maximum atomic E-state index is 12.3. The molecule has 0 bridgehead atoms. The molecule has 0 aliphatic heterocycles. The molecule has 0 saturated heterocycles. The summed E-state index contributed by atoms with van der Waals surface area (Å²) in [5.74, 6) is 0.220. The summed E-state index contributed by atoms with van der Waals surface area (Å²) in [5, 5.41) is 15.0. The zero-order valence-electron chi connectivity index (χ0n) is 14.7. The van der Waals surface area contributed by atoms with Crippen LogP contribution in [0.2, 0.25) is 0 Å². The molecular formula is C21H19N5O. The summed E-state index contributed by atoms with van der Waals surface area (Å²) in [4.78, 5) is 20.6. The molecule has 2 N–H and O–H groups in total. The lowest BCUT2D eigenvalue weighted by Crippen LogP contribution is -2.15. The fourth-order valence-electron chi connectivity index (χ4n) is 2.57. The number of carbonyl (C=O) groups excluding carboxylic acids is 1. The van der Waals surface area contributed by atoms with Gasteiger partial charge in [-0.2, -0.15) is 5.26 Å². The van der Waals surface area contributed by atoms with Gasteiger partial charge in [0.2, 0.25) is 0 Å². The van der Waals surface area contributed by atoms with Crippen LogP contribution in [0.3, 0.4) is 0 Å². The highest BCUT2D eigenvalue weighted by atomic mass is 16.1. The van der Waals surface area contributed by atoms with E-state index >= 15 is 0 Å². The third-order valence-corrected chi connectivity index (χ3v) is 3.97. The van der Waals surface area contributed by atoms with E-state index in [1.807, 2.05) is 24.3 Å². The lowest BCUT2D eigenvalue weighted by molar-refractivity contribution is 0.102. The third kappa shape index (κ3) is 5.13. The average Bonchev–Trinajstić information content (AvgIpc) is 2.73. The van der Waals surface area contributed by atoms with Crippen LogP contribution in [0.4, 0.5) is 11.5 Å². The SMILES string of the molecule is N#Cc1ccccc1NC(=O)c1cnc(NCCCc2ccccc2)cn1. The first kappa shape index (κ1) is 18.1. The van der Waals surface area contributed by atoms with Crippen molar-refractivity contribution in [3.05, 3.63) is 83.8 Å². The molecule has 0 radical (unpaired) electrons. The Bertz CT molecular complexity index is 933. The van der Waals surface area contributed by atoms with E-state index in [-0.39, 0.29) is 5.69 Å². The number of aryl methyl sites for hydroxylation is 1. The topological polar surface area (TPSA) is 90.7 Å². The number of aromatic nitrogens is 2. The number of hydrogen-bond acceptors (Lipinski definition) is 5. The van der Waals surface area contributed by atoms with Gasteiger partial charge in [0.05, 0.1) is 23.6 Å². The molecule has 6 nitrogen and oxygen atoms in total. The van der Waals surface area contributed by atoms with Crippen LogP contribution in [-0.4, -0.2) is 22.4 Å². The Balaban J connectivity index is 1.51. The van der Waals surface area contributed by atoms with Crippen LogP contribution >= 0.6 is 0 Å². The second kappa shape index (κ2) is 9.11. The quantitative estimate of drug-likeness (QED) is 0.630. The van der Waals surface area contributed by atoms with Gasteiger partial charge in [-0.1, -0.05) is 42.5 Å². The van der Waals surface area contributed by atoms with Gasteiger partial charge in [0.25, 0.3) is 5.91 Å². The van der Waals surface area contributed by atoms with E-state index in [0.29, 0.717) is 17.1 Å². The maximum absolute atomic E-state index is 12.3. The first-order valence-corrected chi connectivity index (χ1v) is 8.66. The Morgan fingerprint density at radius 3 is 2.52 bits per heavy atom. The number of nitriles is 1. The van der Waals surface area contributed by atoms with E-state index in [2.05, 4.69) is 32.7 Å². The van der Waals surface area contributed by atoms with Gasteiger partial charge in [-0.3, -0.25) is 4.79 Å². The number of hydrogen-bond donors (Lipinski definition) is 2. The number of nitrogens with one attached hydrogen (secondary N) is 2. The zero-order valence-corrected chi connectivity index (χ0v) is 14.7. The van der Waals surface area contributed by atoms with Crippen molar-refractivity contribution in [2.45, 2.75) is 12.8 Å². The number of anilines is 2. The summed E-state index contributed by atoms with van der Waals surface area (Å²) in [5.41, 5.74) is 2.35. The summed E-state index contributed by atoms with van der Waals surface area (Å²) in [7, 11) is 0. The van der Waals surface area contributed by atoms with E-state index in [9.17, 15) is 4.79 Å². The van der Waals surface area contributed by atoms with Gasteiger partial charge in [0.15, 0.2) is 0 Å². The van der Waals surface area contributed by atoms with Gasteiger partial charge in [0, 0.05) is 6.54 Å². The molecule has 0 atom stereocenters. The molecule has 0 aliphatic carbocycles. The molecule has 0 saturated carbocycles. The van der Waals surface area contributed by atoms with Crippen molar-refractivity contribution >= 4 is 17.4 Å². The van der Waals surface area contributed by atoms with Crippen LogP contribution in [0.15, 0.2) is 67.0 Å². The van der Waals surface area contributed by atoms with E-state index in [1.54, 1.807) is 24.3 Å². The predicted octanol–water partition coefficient (Wildman–Crippen LogP) is 3.65. The standard InChI is InChI=1S/C21H19N5O/c22-13-17-10-4-5-11-18(17)26-21(27)19-14-25-20(15-24-19)23-12-6-9-16-7-2-1-3-8-16/h1-5,7-8,10-11,14-15H,6,9,12H2,(H,23,25)(H,26,27). The van der Waals surface area contributed by atoms with Crippen molar-refractivity contribution in [1.29, 1.82) is 5.26 Å². The lowest BCUT2D eigenvalue weighted by Gasteiger charge is -2.08. The zero-order chi connectivity index (χ0) is 18.9. The van der Waals surface area contributed by atoms with E-state index in [1.165, 1.54) is 18.0 Å². The number of nitrogens with zero attached hydrogens (tertiary/aromatic N) is 3. The first-order valence-electron chi connectivity index (χ1n) is 8.66. The molecule has 1 heterocycles. The fourth-order valence-corrected chi connectivity index (χ4v) is 2.57. The number of para-hydroxylation sites is 1. The Morgan fingerprint density at radius 2 is 1.78 bits per heavy atom. The number of rotatable bonds is 7. The molecule has 6 heteroatoms. The highest BCUT2D eigenvalue weighted by molar-refractivity contribution is 6.03. The van der Waals surface area contributed by atoms with Crippen LogP contribution in [0.5, 0.6) is 0 Å². The van der Waals surface area contributed by atoms with Crippen molar-refractivity contribution in [3.63, 3.8) is 0 Å². The van der Waals surface area contributed by atoms with Gasteiger partial charge in [-0.25, -0.2) is 9.97 Å². The molecule has 3 aromatic rings. The number of amides is 1. The van der Waals surface area contributed by atoms with Crippen molar-refractivity contribution in [1.82, 2.24) is 9.97 Å². The van der Waals surface area contributed by atoms with Crippen LogP contribution in [0, 0.1) is 11.3 Å². The molecule has 134 valence electrons. The van der Waals surface area contributed by atoms with Gasteiger partial charge < -0.3 is 10.6 Å². The maximum Gasteiger partial charge on any atom is 0.275 e. The lowest BCUT2D eigenvalue weighted by atomic mass is 10.1. The average molecular weight is 357 g/mol. The van der Waals surface area contributed by atoms with Gasteiger partial charge in [-0.15, -0.1) is 0 Å². The number of carbonyl (C=O) groups is 1. The summed E-state index contributed by atoms with van der Waals surface area (Å²) in [6.07, 6.45) is 4.91. The molecular weight excluding hydrogens is 338 g/mol. The van der Waals surface area contributed by atoms with E-state index in [4.69, 9.17) is 5.26 Å². The normalized spacial score (nSPS) is 10.0. The molecule has 0 aliphatic rings. The van der Waals surface area contributed by atoms with E-state index < -0.39 is 5.91 Å². The smallest absolute Gasteiger partial charge is 0.275 e. The second-order valence-electron chi connectivity index (χ2n) is 5.91. The summed E-state index contributed by atoms with van der Waals surface area (Å²) in [6.45, 7) is 0.769. The molecule has 27 heavy (non-hydrogen) atoms. The number of benzene rings is 2. The summed E-state index contributed by atoms with van der Waals surface area (Å²) in [6, 6.07) is 19.1.